The Kier molecular flexibility index (Phi) is 5.55. The van der Waals surface area contributed by atoms with Gasteiger partial charge in [-0.25, -0.2) is 0 Å². The zero-order valence-corrected chi connectivity index (χ0v) is 17.1. The van der Waals surface area contributed by atoms with Crippen molar-refractivity contribution in [3.63, 3.8) is 0 Å². The number of nitrogens with zero attached hydrogens (tertiary/aromatic N) is 2. The molecule has 4 rings (SSSR count). The highest BCUT2D eigenvalue weighted by molar-refractivity contribution is 5.94. The second kappa shape index (κ2) is 8.44. The maximum atomic E-state index is 12.4. The number of aromatic nitrogens is 2. The van der Waals surface area contributed by atoms with Crippen LogP contribution in [0.15, 0.2) is 54.9 Å². The Bertz CT molecular complexity index is 1110. The lowest BCUT2D eigenvalue weighted by atomic mass is 9.89. The second-order valence-electron chi connectivity index (χ2n) is 7.52. The van der Waals surface area contributed by atoms with Gasteiger partial charge in [-0.05, 0) is 54.8 Å². The van der Waals surface area contributed by atoms with Crippen molar-refractivity contribution in [3.8, 4) is 23.0 Å². The summed E-state index contributed by atoms with van der Waals surface area (Å²) in [5.41, 5.74) is 11.5. The lowest BCUT2D eigenvalue weighted by molar-refractivity contribution is -0.117. The first-order valence-corrected chi connectivity index (χ1v) is 10.0. The van der Waals surface area contributed by atoms with Gasteiger partial charge in [0.25, 0.3) is 0 Å². The minimum atomic E-state index is 0.0531. The van der Waals surface area contributed by atoms with Crippen molar-refractivity contribution in [2.24, 2.45) is 5.73 Å². The van der Waals surface area contributed by atoms with Crippen molar-refractivity contribution in [2.45, 2.75) is 32.4 Å². The number of nitrogens with two attached hydrogens (primary N) is 1. The number of amides is 1. The fourth-order valence-electron chi connectivity index (χ4n) is 4.11. The summed E-state index contributed by atoms with van der Waals surface area (Å²) in [5, 5.41) is 10.6. The first kappa shape index (κ1) is 19.7. The maximum Gasteiger partial charge on any atom is 0.224 e. The lowest BCUT2D eigenvalue weighted by Gasteiger charge is -2.39. The number of benzene rings is 2. The molecule has 3 aromatic rings. The number of fused-ring (bicyclic) bond motifs is 1. The van der Waals surface area contributed by atoms with Gasteiger partial charge >= 0.3 is 0 Å². The highest BCUT2D eigenvalue weighted by atomic mass is 16.2. The third kappa shape index (κ3) is 3.93. The summed E-state index contributed by atoms with van der Waals surface area (Å²) in [7, 11) is 0. The van der Waals surface area contributed by atoms with Gasteiger partial charge in [0.1, 0.15) is 0 Å². The molecule has 6 nitrogen and oxygen atoms in total. The lowest BCUT2D eigenvalue weighted by Crippen LogP contribution is -2.43. The Morgan fingerprint density at radius 2 is 2.17 bits per heavy atom. The van der Waals surface area contributed by atoms with E-state index < -0.39 is 0 Å². The van der Waals surface area contributed by atoms with Crippen molar-refractivity contribution >= 4 is 17.3 Å². The Morgan fingerprint density at radius 3 is 2.90 bits per heavy atom. The van der Waals surface area contributed by atoms with Crippen LogP contribution < -0.4 is 16.0 Å². The van der Waals surface area contributed by atoms with Crippen LogP contribution >= 0.6 is 0 Å². The normalized spacial score (nSPS) is 17.6. The second-order valence-corrected chi connectivity index (χ2v) is 7.52. The molecule has 0 fully saturated rings. The van der Waals surface area contributed by atoms with Crippen LogP contribution in [0.3, 0.4) is 0 Å². The fraction of sp³-hybridized carbons (Fsp3) is 0.250. The van der Waals surface area contributed by atoms with Crippen molar-refractivity contribution in [1.82, 2.24) is 10.2 Å². The van der Waals surface area contributed by atoms with E-state index in [0.717, 1.165) is 40.0 Å². The smallest absolute Gasteiger partial charge is 0.224 e. The minimum absolute atomic E-state index is 0.0531. The fourth-order valence-corrected chi connectivity index (χ4v) is 4.11. The molecule has 0 bridgehead atoms. The SMILES string of the molecule is CC(=O)N1c2ccc(-c3cn[nH]c3)cc2[C@H](Nc2cccc(C#CCN)c2)C[C@@H]1C. The number of hydrogen-bond acceptors (Lipinski definition) is 4. The minimum Gasteiger partial charge on any atom is -0.378 e. The predicted molar refractivity (Wildman–Crippen MR) is 120 cm³/mol. The van der Waals surface area contributed by atoms with E-state index in [4.69, 9.17) is 5.73 Å². The molecule has 6 heteroatoms. The number of aromatic amines is 1. The van der Waals surface area contributed by atoms with E-state index in [2.05, 4.69) is 40.3 Å². The summed E-state index contributed by atoms with van der Waals surface area (Å²) >= 11 is 0. The summed E-state index contributed by atoms with van der Waals surface area (Å²) in [5.74, 6) is 6.03. The Balaban J connectivity index is 1.73. The molecule has 0 unspecified atom stereocenters. The van der Waals surface area contributed by atoms with Gasteiger partial charge in [-0.15, -0.1) is 0 Å². The summed E-state index contributed by atoms with van der Waals surface area (Å²) in [4.78, 5) is 14.2. The summed E-state index contributed by atoms with van der Waals surface area (Å²) < 4.78 is 0. The van der Waals surface area contributed by atoms with E-state index in [1.807, 2.05) is 47.5 Å². The number of rotatable bonds is 3. The molecule has 0 spiro atoms. The molecular formula is C24H25N5O. The molecule has 4 N–H and O–H groups in total. The van der Waals surface area contributed by atoms with Crippen molar-refractivity contribution < 1.29 is 4.79 Å². The summed E-state index contributed by atoms with van der Waals surface area (Å²) in [6, 6.07) is 14.4. The van der Waals surface area contributed by atoms with Gasteiger partial charge < -0.3 is 16.0 Å². The Morgan fingerprint density at radius 1 is 1.30 bits per heavy atom. The van der Waals surface area contributed by atoms with Crippen molar-refractivity contribution in [1.29, 1.82) is 0 Å². The summed E-state index contributed by atoms with van der Waals surface area (Å²) in [6.07, 6.45) is 4.48. The van der Waals surface area contributed by atoms with E-state index in [0.29, 0.717) is 6.54 Å². The number of nitrogens with one attached hydrogen (secondary N) is 2. The molecule has 0 saturated carbocycles. The van der Waals surface area contributed by atoms with Gasteiger partial charge in [-0.1, -0.05) is 24.0 Å². The number of carbonyl (C=O) groups is 1. The molecule has 0 saturated heterocycles. The van der Waals surface area contributed by atoms with E-state index in [1.165, 1.54) is 0 Å². The van der Waals surface area contributed by atoms with Crippen LogP contribution in [0.1, 0.15) is 37.4 Å². The van der Waals surface area contributed by atoms with Crippen LogP contribution in [-0.2, 0) is 4.79 Å². The molecule has 2 aromatic carbocycles. The number of hydrogen-bond donors (Lipinski definition) is 3. The number of anilines is 2. The average molecular weight is 399 g/mol. The highest BCUT2D eigenvalue weighted by Gasteiger charge is 2.32. The molecule has 1 aliphatic heterocycles. The zero-order valence-electron chi connectivity index (χ0n) is 17.1. The van der Waals surface area contributed by atoms with E-state index >= 15 is 0 Å². The molecule has 0 radical (unpaired) electrons. The maximum absolute atomic E-state index is 12.4. The van der Waals surface area contributed by atoms with Gasteiger partial charge in [-0.2, -0.15) is 5.10 Å². The van der Waals surface area contributed by atoms with Crippen LogP contribution in [0, 0.1) is 11.8 Å². The molecule has 2 heterocycles. The molecular weight excluding hydrogens is 374 g/mol. The van der Waals surface area contributed by atoms with E-state index in [9.17, 15) is 4.79 Å². The van der Waals surface area contributed by atoms with Crippen molar-refractivity contribution in [2.75, 3.05) is 16.8 Å². The van der Waals surface area contributed by atoms with E-state index in [1.54, 1.807) is 13.1 Å². The predicted octanol–water partition coefficient (Wildman–Crippen LogP) is 3.69. The quantitative estimate of drug-likeness (QED) is 0.586. The van der Waals surface area contributed by atoms with Gasteiger partial charge in [-0.3, -0.25) is 9.89 Å². The standard InChI is InChI=1S/C24H25N5O/c1-16-11-23(28-21-7-3-5-18(12-21)6-4-10-25)22-13-19(20-14-26-27-15-20)8-9-24(22)29(16)17(2)30/h3,5,7-9,12-16,23,28H,10-11,25H2,1-2H3,(H,26,27)/t16-,23+/m0/s1. The first-order valence-electron chi connectivity index (χ1n) is 10.0. The topological polar surface area (TPSA) is 87.0 Å². The summed E-state index contributed by atoms with van der Waals surface area (Å²) in [6.45, 7) is 4.05. The molecule has 2 atom stereocenters. The van der Waals surface area contributed by atoms with E-state index in [-0.39, 0.29) is 18.0 Å². The average Bonchev–Trinajstić information content (AvgIpc) is 3.27. The molecule has 1 amide bonds. The third-order valence-corrected chi connectivity index (χ3v) is 5.39. The third-order valence-electron chi connectivity index (χ3n) is 5.39. The van der Waals surface area contributed by atoms with Crippen LogP contribution in [0.4, 0.5) is 11.4 Å². The van der Waals surface area contributed by atoms with Crippen LogP contribution in [0.2, 0.25) is 0 Å². The van der Waals surface area contributed by atoms with Gasteiger partial charge in [0.2, 0.25) is 5.91 Å². The van der Waals surface area contributed by atoms with Crippen molar-refractivity contribution in [3.05, 3.63) is 66.0 Å². The highest BCUT2D eigenvalue weighted by Crippen LogP contribution is 2.41. The van der Waals surface area contributed by atoms with Crippen LogP contribution in [-0.4, -0.2) is 28.7 Å². The Hall–Kier alpha value is -3.56. The largest absolute Gasteiger partial charge is 0.378 e. The Labute approximate surface area is 176 Å². The van der Waals surface area contributed by atoms with Crippen LogP contribution in [0.25, 0.3) is 11.1 Å². The monoisotopic (exact) mass is 399 g/mol. The molecule has 1 aliphatic rings. The molecule has 1 aromatic heterocycles. The molecule has 30 heavy (non-hydrogen) atoms. The zero-order chi connectivity index (χ0) is 21.1. The molecule has 152 valence electrons. The van der Waals surface area contributed by atoms with Gasteiger partial charge in [0.15, 0.2) is 0 Å². The van der Waals surface area contributed by atoms with Gasteiger partial charge in [0, 0.05) is 41.7 Å². The molecule has 0 aliphatic carbocycles. The van der Waals surface area contributed by atoms with Gasteiger partial charge in [0.05, 0.1) is 18.8 Å². The van der Waals surface area contributed by atoms with Crippen LogP contribution in [0.5, 0.6) is 0 Å². The number of carbonyl (C=O) groups excluding carboxylic acids is 1. The number of H-pyrrole nitrogens is 1. The first-order chi connectivity index (χ1) is 14.6.